The molecule has 0 spiro atoms. The number of hydrogen-bond acceptors (Lipinski definition) is 3. The van der Waals surface area contributed by atoms with Gasteiger partial charge in [-0.3, -0.25) is 9.69 Å². The molecular formula is C14H20Cl2N2O2. The molecule has 6 heteroatoms. The van der Waals surface area contributed by atoms with Crippen LogP contribution in [-0.4, -0.2) is 42.1 Å². The van der Waals surface area contributed by atoms with E-state index < -0.39 is 6.10 Å². The van der Waals surface area contributed by atoms with Crippen molar-refractivity contribution < 1.29 is 9.90 Å². The highest BCUT2D eigenvalue weighted by Crippen LogP contribution is 2.29. The molecule has 0 bridgehead atoms. The van der Waals surface area contributed by atoms with Crippen molar-refractivity contribution in [1.29, 1.82) is 0 Å². The lowest BCUT2D eigenvalue weighted by molar-refractivity contribution is -0.122. The molecule has 1 aromatic carbocycles. The molecule has 0 saturated carbocycles. The van der Waals surface area contributed by atoms with Gasteiger partial charge in [0.2, 0.25) is 5.91 Å². The minimum atomic E-state index is -0.920. The number of nitrogens with one attached hydrogen (secondary N) is 1. The van der Waals surface area contributed by atoms with E-state index in [1.54, 1.807) is 18.2 Å². The summed E-state index contributed by atoms with van der Waals surface area (Å²) in [5.74, 6) is -0.129. The maximum absolute atomic E-state index is 11.7. The predicted octanol–water partition coefficient (Wildman–Crippen LogP) is 2.48. The fraction of sp³-hybridized carbons (Fsp3) is 0.500. The molecule has 0 aliphatic rings. The topological polar surface area (TPSA) is 52.6 Å². The van der Waals surface area contributed by atoms with E-state index >= 15 is 0 Å². The molecule has 1 unspecified atom stereocenters. The Kier molecular flexibility index (Phi) is 7.30. The van der Waals surface area contributed by atoms with Crippen LogP contribution in [-0.2, 0) is 4.79 Å². The quantitative estimate of drug-likeness (QED) is 0.812. The second-order valence-electron chi connectivity index (χ2n) is 4.42. The molecule has 1 rings (SSSR count). The Bertz CT molecular complexity index is 431. The van der Waals surface area contributed by atoms with Gasteiger partial charge in [0, 0.05) is 22.2 Å². The SMILES string of the molecule is CCN(CC)CC(=O)NCC(O)c1c(Cl)cccc1Cl. The maximum atomic E-state index is 11.7. The summed E-state index contributed by atoms with van der Waals surface area (Å²) in [5, 5.41) is 13.6. The standard InChI is InChI=1S/C14H20Cl2N2O2/c1-3-18(4-2)9-13(20)17-8-12(19)14-10(15)6-5-7-11(14)16/h5-7,12,19H,3-4,8-9H2,1-2H3,(H,17,20). The number of hydrogen-bond donors (Lipinski definition) is 2. The van der Waals surface area contributed by atoms with Crippen LogP contribution in [0.3, 0.4) is 0 Å². The molecule has 0 saturated heterocycles. The third kappa shape index (κ3) is 4.94. The van der Waals surface area contributed by atoms with Gasteiger partial charge in [0.05, 0.1) is 12.6 Å². The largest absolute Gasteiger partial charge is 0.386 e. The highest BCUT2D eigenvalue weighted by molar-refractivity contribution is 6.36. The number of aliphatic hydroxyl groups excluding tert-OH is 1. The summed E-state index contributed by atoms with van der Waals surface area (Å²) in [6.07, 6.45) is -0.920. The van der Waals surface area contributed by atoms with Gasteiger partial charge < -0.3 is 10.4 Å². The van der Waals surface area contributed by atoms with Crippen LogP contribution in [0, 0.1) is 0 Å². The zero-order valence-corrected chi connectivity index (χ0v) is 13.2. The summed E-state index contributed by atoms with van der Waals surface area (Å²) in [6.45, 7) is 6.01. The van der Waals surface area contributed by atoms with Gasteiger partial charge in [0.1, 0.15) is 0 Å². The van der Waals surface area contributed by atoms with E-state index in [9.17, 15) is 9.90 Å². The van der Waals surface area contributed by atoms with Crippen LogP contribution in [0.4, 0.5) is 0 Å². The lowest BCUT2D eigenvalue weighted by Crippen LogP contribution is -2.38. The first kappa shape index (κ1) is 17.2. The van der Waals surface area contributed by atoms with Crippen molar-refractivity contribution in [2.75, 3.05) is 26.2 Å². The van der Waals surface area contributed by atoms with E-state index in [0.29, 0.717) is 22.2 Å². The first-order valence-electron chi connectivity index (χ1n) is 6.60. The molecule has 0 aliphatic carbocycles. The Morgan fingerprint density at radius 3 is 2.35 bits per heavy atom. The van der Waals surface area contributed by atoms with Gasteiger partial charge in [-0.1, -0.05) is 43.1 Å². The molecule has 1 amide bonds. The second kappa shape index (κ2) is 8.47. The molecule has 1 aromatic rings. The van der Waals surface area contributed by atoms with Gasteiger partial charge in [-0.05, 0) is 25.2 Å². The highest BCUT2D eigenvalue weighted by Gasteiger charge is 2.16. The summed E-state index contributed by atoms with van der Waals surface area (Å²) in [4.78, 5) is 13.7. The Hall–Kier alpha value is -0.810. The number of carbonyl (C=O) groups is 1. The molecule has 4 nitrogen and oxygen atoms in total. The van der Waals surface area contributed by atoms with E-state index in [1.165, 1.54) is 0 Å². The molecule has 0 fully saturated rings. The van der Waals surface area contributed by atoms with E-state index in [-0.39, 0.29) is 12.5 Å². The minimum absolute atomic E-state index is 0.0869. The highest BCUT2D eigenvalue weighted by atomic mass is 35.5. The van der Waals surface area contributed by atoms with E-state index in [2.05, 4.69) is 5.32 Å². The molecule has 20 heavy (non-hydrogen) atoms. The van der Waals surface area contributed by atoms with Crippen molar-refractivity contribution >= 4 is 29.1 Å². The zero-order valence-electron chi connectivity index (χ0n) is 11.7. The zero-order chi connectivity index (χ0) is 15.1. The van der Waals surface area contributed by atoms with Gasteiger partial charge >= 0.3 is 0 Å². The number of amides is 1. The Labute approximate surface area is 129 Å². The van der Waals surface area contributed by atoms with Crippen LogP contribution in [0.5, 0.6) is 0 Å². The average molecular weight is 319 g/mol. The number of nitrogens with zero attached hydrogens (tertiary/aromatic N) is 1. The average Bonchev–Trinajstić information content (AvgIpc) is 2.42. The fourth-order valence-electron chi connectivity index (χ4n) is 1.85. The van der Waals surface area contributed by atoms with Crippen LogP contribution in [0.25, 0.3) is 0 Å². The molecule has 2 N–H and O–H groups in total. The van der Waals surface area contributed by atoms with Crippen LogP contribution < -0.4 is 5.32 Å². The Morgan fingerprint density at radius 1 is 1.30 bits per heavy atom. The molecule has 0 heterocycles. The summed E-state index contributed by atoms with van der Waals surface area (Å²) in [7, 11) is 0. The van der Waals surface area contributed by atoms with Crippen molar-refractivity contribution in [3.8, 4) is 0 Å². The first-order valence-corrected chi connectivity index (χ1v) is 7.36. The third-order valence-electron chi connectivity index (χ3n) is 3.09. The number of benzene rings is 1. The van der Waals surface area contributed by atoms with Crippen LogP contribution in [0.15, 0.2) is 18.2 Å². The number of rotatable bonds is 7. The van der Waals surface area contributed by atoms with Crippen molar-refractivity contribution in [3.05, 3.63) is 33.8 Å². The van der Waals surface area contributed by atoms with Gasteiger partial charge in [0.15, 0.2) is 0 Å². The van der Waals surface area contributed by atoms with Gasteiger partial charge in [-0.15, -0.1) is 0 Å². The summed E-state index contributed by atoms with van der Waals surface area (Å²) in [5.41, 5.74) is 0.443. The number of likely N-dealkylation sites (N-methyl/N-ethyl adjacent to an activating group) is 1. The Balaban J connectivity index is 2.55. The van der Waals surface area contributed by atoms with E-state index in [1.807, 2.05) is 18.7 Å². The molecule has 0 aromatic heterocycles. The fourth-order valence-corrected chi connectivity index (χ4v) is 2.50. The Morgan fingerprint density at radius 2 is 1.85 bits per heavy atom. The van der Waals surface area contributed by atoms with Gasteiger partial charge in [0.25, 0.3) is 0 Å². The molecular weight excluding hydrogens is 299 g/mol. The monoisotopic (exact) mass is 318 g/mol. The molecule has 0 radical (unpaired) electrons. The molecule has 0 aliphatic heterocycles. The minimum Gasteiger partial charge on any atom is -0.386 e. The second-order valence-corrected chi connectivity index (χ2v) is 5.23. The number of carbonyl (C=O) groups excluding carboxylic acids is 1. The van der Waals surface area contributed by atoms with Crippen molar-refractivity contribution in [1.82, 2.24) is 10.2 Å². The number of aliphatic hydroxyl groups is 1. The summed E-state index contributed by atoms with van der Waals surface area (Å²) >= 11 is 12.0. The van der Waals surface area contributed by atoms with Gasteiger partial charge in [-0.2, -0.15) is 0 Å². The van der Waals surface area contributed by atoms with Crippen molar-refractivity contribution in [2.24, 2.45) is 0 Å². The lowest BCUT2D eigenvalue weighted by Gasteiger charge is -2.19. The van der Waals surface area contributed by atoms with E-state index in [0.717, 1.165) is 13.1 Å². The maximum Gasteiger partial charge on any atom is 0.234 e. The summed E-state index contributed by atoms with van der Waals surface area (Å²) < 4.78 is 0. The predicted molar refractivity (Wildman–Crippen MR) is 82.2 cm³/mol. The van der Waals surface area contributed by atoms with Crippen LogP contribution in [0.1, 0.15) is 25.5 Å². The van der Waals surface area contributed by atoms with E-state index in [4.69, 9.17) is 23.2 Å². The normalized spacial score (nSPS) is 12.5. The summed E-state index contributed by atoms with van der Waals surface area (Å²) in [6, 6.07) is 5.02. The third-order valence-corrected chi connectivity index (χ3v) is 3.75. The van der Waals surface area contributed by atoms with Gasteiger partial charge in [-0.25, -0.2) is 0 Å². The van der Waals surface area contributed by atoms with Crippen LogP contribution >= 0.6 is 23.2 Å². The van der Waals surface area contributed by atoms with Crippen molar-refractivity contribution in [3.63, 3.8) is 0 Å². The lowest BCUT2D eigenvalue weighted by atomic mass is 10.1. The van der Waals surface area contributed by atoms with Crippen molar-refractivity contribution in [2.45, 2.75) is 20.0 Å². The molecule has 112 valence electrons. The number of halogens is 2. The van der Waals surface area contributed by atoms with Crippen LogP contribution in [0.2, 0.25) is 10.0 Å². The molecule has 1 atom stereocenters. The first-order chi connectivity index (χ1) is 9.49. The smallest absolute Gasteiger partial charge is 0.234 e.